The maximum atomic E-state index is 13.3. The van der Waals surface area contributed by atoms with Crippen LogP contribution in [-0.2, 0) is 20.8 Å². The number of pyridine rings is 2. The van der Waals surface area contributed by atoms with E-state index in [1.54, 1.807) is 30.5 Å². The molecule has 11 heteroatoms. The van der Waals surface area contributed by atoms with Gasteiger partial charge < -0.3 is 10.6 Å². The molecule has 1 saturated carbocycles. The zero-order valence-electron chi connectivity index (χ0n) is 20.4. The molecule has 3 aromatic rings. The summed E-state index contributed by atoms with van der Waals surface area (Å²) in [4.78, 5) is 20.5. The quantitative estimate of drug-likeness (QED) is 0.455. The molecule has 1 aromatic carbocycles. The molecule has 0 bridgehead atoms. The fourth-order valence-corrected chi connectivity index (χ4v) is 6.89. The number of rotatable bonds is 6. The number of benzene rings is 1. The molecular weight excluding hydrogens is 517 g/mol. The van der Waals surface area contributed by atoms with Gasteiger partial charge in [-0.05, 0) is 79.6 Å². The Morgan fingerprint density at radius 2 is 1.63 bits per heavy atom. The zero-order chi connectivity index (χ0) is 26.9. The number of amides is 1. The fourth-order valence-electron chi connectivity index (χ4n) is 5.10. The van der Waals surface area contributed by atoms with Crippen LogP contribution < -0.4 is 10.6 Å². The van der Waals surface area contributed by atoms with E-state index in [9.17, 15) is 26.4 Å². The molecule has 3 heterocycles. The lowest BCUT2D eigenvalue weighted by atomic mass is 9.95. The summed E-state index contributed by atoms with van der Waals surface area (Å²) in [6.07, 6.45) is 0.738. The maximum absolute atomic E-state index is 13.3. The molecule has 1 atom stereocenters. The number of alkyl halides is 3. The first kappa shape index (κ1) is 26.1. The SMILES string of the molecule is O=C1NCCC1c1cc(-c2ccc(S(=O)(=O)[C@H]3CC[C@H](Nc4ccc(C(F)(F)F)cn4)CC3)cc2)ccn1. The molecule has 7 nitrogen and oxygen atoms in total. The number of anilines is 1. The highest BCUT2D eigenvalue weighted by Crippen LogP contribution is 2.33. The van der Waals surface area contributed by atoms with Crippen molar-refractivity contribution in [3.05, 3.63) is 72.2 Å². The Balaban J connectivity index is 1.21. The molecule has 200 valence electrons. The average Bonchev–Trinajstić information content (AvgIpc) is 3.35. The largest absolute Gasteiger partial charge is 0.417 e. The Hall–Kier alpha value is -3.47. The molecule has 0 radical (unpaired) electrons. The first-order valence-electron chi connectivity index (χ1n) is 12.5. The molecule has 38 heavy (non-hydrogen) atoms. The van der Waals surface area contributed by atoms with Crippen LogP contribution in [-0.4, -0.2) is 42.1 Å². The van der Waals surface area contributed by atoms with Crippen LogP contribution in [0.4, 0.5) is 19.0 Å². The van der Waals surface area contributed by atoms with Gasteiger partial charge in [-0.2, -0.15) is 13.2 Å². The third-order valence-corrected chi connectivity index (χ3v) is 9.54. The summed E-state index contributed by atoms with van der Waals surface area (Å²) in [5.74, 6) is 0.0404. The highest BCUT2D eigenvalue weighted by Gasteiger charge is 2.33. The van der Waals surface area contributed by atoms with Crippen LogP contribution >= 0.6 is 0 Å². The van der Waals surface area contributed by atoms with Crippen LogP contribution in [0.15, 0.2) is 65.8 Å². The van der Waals surface area contributed by atoms with Crippen molar-refractivity contribution in [2.75, 3.05) is 11.9 Å². The second kappa shape index (κ2) is 10.4. The van der Waals surface area contributed by atoms with Crippen molar-refractivity contribution in [2.24, 2.45) is 0 Å². The molecule has 1 aliphatic heterocycles. The number of carbonyl (C=O) groups is 1. The predicted molar refractivity (Wildman–Crippen MR) is 136 cm³/mol. The third-order valence-electron chi connectivity index (χ3n) is 7.26. The minimum atomic E-state index is -4.44. The minimum Gasteiger partial charge on any atom is -0.367 e. The van der Waals surface area contributed by atoms with E-state index in [0.717, 1.165) is 23.4 Å². The topological polar surface area (TPSA) is 101 Å². The van der Waals surface area contributed by atoms with Gasteiger partial charge in [-0.3, -0.25) is 9.78 Å². The standard InChI is InChI=1S/C27H27F3N4O3S/c28-27(29,30)19-3-10-25(33-16-19)34-20-4-8-22(9-5-20)38(36,37)21-6-1-17(2-7-21)18-11-13-31-24(15-18)23-12-14-32-26(23)35/h1-3,6-7,10-11,13,15-16,20,22-23H,4-5,8-9,12,14H2,(H,32,35)(H,33,34)/t20-,22-,23?. The van der Waals surface area contributed by atoms with E-state index in [2.05, 4.69) is 20.6 Å². The first-order chi connectivity index (χ1) is 18.1. The Bertz CT molecular complexity index is 1400. The molecule has 1 amide bonds. The monoisotopic (exact) mass is 544 g/mol. The molecule has 5 rings (SSSR count). The lowest BCUT2D eigenvalue weighted by Gasteiger charge is -2.29. The van der Waals surface area contributed by atoms with Crippen LogP contribution in [0.5, 0.6) is 0 Å². The molecule has 2 aromatic heterocycles. The Kier molecular flexibility index (Phi) is 7.13. The molecular formula is C27H27F3N4O3S. The van der Waals surface area contributed by atoms with Crippen LogP contribution in [0, 0.1) is 0 Å². The number of hydrogen-bond acceptors (Lipinski definition) is 6. The van der Waals surface area contributed by atoms with Crippen molar-refractivity contribution in [1.82, 2.24) is 15.3 Å². The van der Waals surface area contributed by atoms with Crippen LogP contribution in [0.3, 0.4) is 0 Å². The van der Waals surface area contributed by atoms with Crippen LogP contribution in [0.25, 0.3) is 11.1 Å². The van der Waals surface area contributed by atoms with Crippen molar-refractivity contribution in [2.45, 2.75) is 60.4 Å². The first-order valence-corrected chi connectivity index (χ1v) is 14.0. The van der Waals surface area contributed by atoms with E-state index < -0.39 is 26.8 Å². The van der Waals surface area contributed by atoms with Gasteiger partial charge in [-0.15, -0.1) is 0 Å². The van der Waals surface area contributed by atoms with Crippen molar-refractivity contribution < 1.29 is 26.4 Å². The summed E-state index contributed by atoms with van der Waals surface area (Å²) in [6.45, 7) is 0.631. The average molecular weight is 545 g/mol. The van der Waals surface area contributed by atoms with E-state index in [0.29, 0.717) is 50.2 Å². The number of aromatic nitrogens is 2. The number of sulfone groups is 1. The summed E-state index contributed by atoms with van der Waals surface area (Å²) in [5, 5.41) is 5.41. The van der Waals surface area contributed by atoms with Crippen molar-refractivity contribution in [1.29, 1.82) is 0 Å². The number of nitrogens with one attached hydrogen (secondary N) is 2. The van der Waals surface area contributed by atoms with Gasteiger partial charge in [0.25, 0.3) is 0 Å². The second-order valence-corrected chi connectivity index (χ2v) is 11.9. The van der Waals surface area contributed by atoms with Crippen molar-refractivity contribution >= 4 is 21.6 Å². The maximum Gasteiger partial charge on any atom is 0.417 e. The van der Waals surface area contributed by atoms with Crippen molar-refractivity contribution in [3.8, 4) is 11.1 Å². The summed E-state index contributed by atoms with van der Waals surface area (Å²) >= 11 is 0. The van der Waals surface area contributed by atoms with E-state index >= 15 is 0 Å². The van der Waals surface area contributed by atoms with Gasteiger partial charge in [0.1, 0.15) is 5.82 Å². The molecule has 1 unspecified atom stereocenters. The zero-order valence-corrected chi connectivity index (χ0v) is 21.2. The smallest absolute Gasteiger partial charge is 0.367 e. The fraction of sp³-hybridized carbons (Fsp3) is 0.370. The molecule has 0 spiro atoms. The van der Waals surface area contributed by atoms with Gasteiger partial charge in [0.2, 0.25) is 5.91 Å². The normalized spacial score (nSPS) is 22.2. The van der Waals surface area contributed by atoms with Gasteiger partial charge in [0.05, 0.1) is 27.3 Å². The number of halogens is 3. The number of nitrogens with zero attached hydrogens (tertiary/aromatic N) is 2. The van der Waals surface area contributed by atoms with Gasteiger partial charge >= 0.3 is 6.18 Å². The summed E-state index contributed by atoms with van der Waals surface area (Å²) in [6, 6.07) is 12.7. The van der Waals surface area contributed by atoms with Crippen LogP contribution in [0.1, 0.15) is 49.3 Å². The summed E-state index contributed by atoms with van der Waals surface area (Å²) in [7, 11) is -3.54. The van der Waals surface area contributed by atoms with Crippen LogP contribution in [0.2, 0.25) is 0 Å². The second-order valence-electron chi connectivity index (χ2n) is 9.72. The Morgan fingerprint density at radius 1 is 0.895 bits per heavy atom. The van der Waals surface area contributed by atoms with Gasteiger partial charge in [0, 0.05) is 25.0 Å². The molecule has 2 aliphatic rings. The Morgan fingerprint density at radius 3 is 2.24 bits per heavy atom. The highest BCUT2D eigenvalue weighted by molar-refractivity contribution is 7.92. The van der Waals surface area contributed by atoms with Gasteiger partial charge in [-0.25, -0.2) is 13.4 Å². The van der Waals surface area contributed by atoms with Gasteiger partial charge in [-0.1, -0.05) is 12.1 Å². The van der Waals surface area contributed by atoms with E-state index in [-0.39, 0.29) is 22.8 Å². The molecule has 2 fully saturated rings. The lowest BCUT2D eigenvalue weighted by molar-refractivity contribution is -0.137. The minimum absolute atomic E-state index is 0.0309. The molecule has 1 saturated heterocycles. The highest BCUT2D eigenvalue weighted by atomic mass is 32.2. The number of carbonyl (C=O) groups excluding carboxylic acids is 1. The predicted octanol–water partition coefficient (Wildman–Crippen LogP) is 4.96. The summed E-state index contributed by atoms with van der Waals surface area (Å²) < 4.78 is 64.8. The lowest BCUT2D eigenvalue weighted by Crippen LogP contribution is -2.33. The molecule has 1 aliphatic carbocycles. The number of hydrogen-bond donors (Lipinski definition) is 2. The van der Waals surface area contributed by atoms with E-state index in [1.165, 1.54) is 6.07 Å². The molecule has 2 N–H and O–H groups in total. The van der Waals surface area contributed by atoms with E-state index in [1.807, 2.05) is 12.1 Å². The Labute approximate surface area is 218 Å². The third kappa shape index (κ3) is 5.52. The van der Waals surface area contributed by atoms with E-state index in [4.69, 9.17) is 0 Å². The summed E-state index contributed by atoms with van der Waals surface area (Å²) in [5.41, 5.74) is 1.59. The van der Waals surface area contributed by atoms with Crippen molar-refractivity contribution in [3.63, 3.8) is 0 Å². The van der Waals surface area contributed by atoms with Gasteiger partial charge in [0.15, 0.2) is 9.84 Å².